The number of amides is 1. The van der Waals surface area contributed by atoms with E-state index in [0.29, 0.717) is 24.9 Å². The van der Waals surface area contributed by atoms with Crippen LogP contribution in [0, 0.1) is 5.92 Å². The highest BCUT2D eigenvalue weighted by molar-refractivity contribution is 5.90. The number of rotatable bonds is 7. The zero-order chi connectivity index (χ0) is 15.2. The van der Waals surface area contributed by atoms with Crippen molar-refractivity contribution >= 4 is 5.91 Å². The molecule has 1 amide bonds. The Balaban J connectivity index is 2.28. The predicted octanol–water partition coefficient (Wildman–Crippen LogP) is 1.89. The molecule has 114 valence electrons. The molecule has 0 radical (unpaired) electrons. The van der Waals surface area contributed by atoms with E-state index in [9.17, 15) is 4.79 Å². The highest BCUT2D eigenvalue weighted by Crippen LogP contribution is 2.17. The molecule has 0 aliphatic rings. The van der Waals surface area contributed by atoms with E-state index >= 15 is 0 Å². The lowest BCUT2D eigenvalue weighted by Gasteiger charge is -2.12. The van der Waals surface area contributed by atoms with E-state index in [4.69, 9.17) is 4.74 Å². The van der Waals surface area contributed by atoms with Crippen LogP contribution in [0.4, 0.5) is 0 Å². The van der Waals surface area contributed by atoms with Gasteiger partial charge in [-0.25, -0.2) is 4.98 Å². The minimum atomic E-state index is -0.249. The number of aromatic nitrogens is 3. The number of aromatic amines is 1. The van der Waals surface area contributed by atoms with Crippen molar-refractivity contribution in [3.05, 3.63) is 11.6 Å². The van der Waals surface area contributed by atoms with Crippen LogP contribution in [-0.2, 0) is 10.2 Å². The van der Waals surface area contributed by atoms with E-state index in [1.807, 2.05) is 20.8 Å². The topological polar surface area (TPSA) is 79.9 Å². The summed E-state index contributed by atoms with van der Waals surface area (Å²) < 4.78 is 5.44. The molecule has 0 unspecified atom stereocenters. The Kier molecular flexibility index (Phi) is 6.13. The van der Waals surface area contributed by atoms with Gasteiger partial charge in [-0.1, -0.05) is 34.6 Å². The number of H-pyrrole nitrogens is 1. The van der Waals surface area contributed by atoms with Crippen LogP contribution in [0.5, 0.6) is 0 Å². The summed E-state index contributed by atoms with van der Waals surface area (Å²) >= 11 is 0. The van der Waals surface area contributed by atoms with Crippen molar-refractivity contribution in [3.63, 3.8) is 0 Å². The normalized spacial score (nSPS) is 11.9. The molecule has 1 aromatic rings. The van der Waals surface area contributed by atoms with E-state index in [0.717, 1.165) is 13.0 Å². The molecule has 1 heterocycles. The summed E-state index contributed by atoms with van der Waals surface area (Å²) in [4.78, 5) is 16.0. The van der Waals surface area contributed by atoms with Crippen molar-refractivity contribution in [1.82, 2.24) is 20.5 Å². The highest BCUT2D eigenvalue weighted by Gasteiger charge is 2.20. The first-order chi connectivity index (χ1) is 9.30. The third-order valence-electron chi connectivity index (χ3n) is 2.60. The van der Waals surface area contributed by atoms with Crippen LogP contribution in [0.15, 0.2) is 0 Å². The van der Waals surface area contributed by atoms with Crippen molar-refractivity contribution in [3.8, 4) is 0 Å². The van der Waals surface area contributed by atoms with Gasteiger partial charge in [0.25, 0.3) is 5.91 Å². The lowest BCUT2D eigenvalue weighted by molar-refractivity contribution is 0.0916. The lowest BCUT2D eigenvalue weighted by atomic mass is 9.96. The van der Waals surface area contributed by atoms with Gasteiger partial charge in [0.05, 0.1) is 0 Å². The van der Waals surface area contributed by atoms with Gasteiger partial charge in [0.15, 0.2) is 0 Å². The maximum atomic E-state index is 11.8. The summed E-state index contributed by atoms with van der Waals surface area (Å²) in [7, 11) is 0. The molecule has 0 saturated heterocycles. The maximum Gasteiger partial charge on any atom is 0.290 e. The van der Waals surface area contributed by atoms with Gasteiger partial charge in [-0.15, -0.1) is 5.10 Å². The van der Waals surface area contributed by atoms with Crippen molar-refractivity contribution in [1.29, 1.82) is 0 Å². The summed E-state index contributed by atoms with van der Waals surface area (Å²) in [5.74, 6) is 1.19. The van der Waals surface area contributed by atoms with Crippen LogP contribution in [0.3, 0.4) is 0 Å². The molecule has 0 fully saturated rings. The minimum Gasteiger partial charge on any atom is -0.381 e. The standard InChI is InChI=1S/C14H26N4O2/c1-10(2)9-20-8-6-7-15-12(19)11-16-13(18-17-11)14(3,4)5/h10H,6-9H2,1-5H3,(H,15,19)(H,16,17,18). The molecule has 0 aromatic carbocycles. The molecule has 2 N–H and O–H groups in total. The second-order valence-electron chi connectivity index (χ2n) is 6.34. The lowest BCUT2D eigenvalue weighted by Crippen LogP contribution is -2.26. The maximum absolute atomic E-state index is 11.8. The fourth-order valence-electron chi connectivity index (χ4n) is 1.47. The summed E-state index contributed by atoms with van der Waals surface area (Å²) in [5, 5.41) is 9.53. The molecule has 0 bridgehead atoms. The zero-order valence-corrected chi connectivity index (χ0v) is 13.1. The molecule has 0 aliphatic heterocycles. The van der Waals surface area contributed by atoms with Crippen LogP contribution in [0.25, 0.3) is 0 Å². The summed E-state index contributed by atoms with van der Waals surface area (Å²) in [6.45, 7) is 12.2. The first-order valence-electron chi connectivity index (χ1n) is 7.09. The van der Waals surface area contributed by atoms with Crippen LogP contribution < -0.4 is 5.32 Å². The molecular weight excluding hydrogens is 256 g/mol. The highest BCUT2D eigenvalue weighted by atomic mass is 16.5. The van der Waals surface area contributed by atoms with Crippen LogP contribution >= 0.6 is 0 Å². The summed E-state index contributed by atoms with van der Waals surface area (Å²) in [5.41, 5.74) is -0.143. The summed E-state index contributed by atoms with van der Waals surface area (Å²) in [6, 6.07) is 0. The molecule has 1 aromatic heterocycles. The number of hydrogen-bond donors (Lipinski definition) is 2. The van der Waals surface area contributed by atoms with E-state index in [1.165, 1.54) is 0 Å². The zero-order valence-electron chi connectivity index (χ0n) is 13.1. The summed E-state index contributed by atoms with van der Waals surface area (Å²) in [6.07, 6.45) is 0.787. The Morgan fingerprint density at radius 2 is 2.10 bits per heavy atom. The fraction of sp³-hybridized carbons (Fsp3) is 0.786. The van der Waals surface area contributed by atoms with Crippen LogP contribution in [0.2, 0.25) is 0 Å². The SMILES string of the molecule is CC(C)COCCCNC(=O)c1n[nH]c(C(C)(C)C)n1. The predicted molar refractivity (Wildman–Crippen MR) is 77.7 cm³/mol. The van der Waals surface area contributed by atoms with Crippen molar-refractivity contribution < 1.29 is 9.53 Å². The van der Waals surface area contributed by atoms with Gasteiger partial charge in [-0.05, 0) is 12.3 Å². The molecule has 0 saturated carbocycles. The van der Waals surface area contributed by atoms with E-state index in [-0.39, 0.29) is 17.1 Å². The number of nitrogens with zero attached hydrogens (tertiary/aromatic N) is 2. The van der Waals surface area contributed by atoms with Gasteiger partial charge in [-0.2, -0.15) is 0 Å². The minimum absolute atomic E-state index is 0.143. The van der Waals surface area contributed by atoms with E-state index in [2.05, 4.69) is 34.3 Å². The Bertz CT molecular complexity index is 421. The van der Waals surface area contributed by atoms with Crippen LogP contribution in [-0.4, -0.2) is 40.8 Å². The molecule has 0 spiro atoms. The average molecular weight is 282 g/mol. The Labute approximate surface area is 120 Å². The molecule has 6 heteroatoms. The number of nitrogens with one attached hydrogen (secondary N) is 2. The smallest absolute Gasteiger partial charge is 0.290 e. The van der Waals surface area contributed by atoms with Gasteiger partial charge < -0.3 is 10.1 Å². The fourth-order valence-corrected chi connectivity index (χ4v) is 1.47. The van der Waals surface area contributed by atoms with Gasteiger partial charge in [0.1, 0.15) is 5.82 Å². The van der Waals surface area contributed by atoms with E-state index in [1.54, 1.807) is 0 Å². The molecule has 0 aliphatic carbocycles. The Morgan fingerprint density at radius 3 is 2.65 bits per heavy atom. The third-order valence-corrected chi connectivity index (χ3v) is 2.60. The molecule has 1 rings (SSSR count). The van der Waals surface area contributed by atoms with Crippen molar-refractivity contribution in [2.45, 2.75) is 46.5 Å². The number of carbonyl (C=O) groups is 1. The first-order valence-corrected chi connectivity index (χ1v) is 7.09. The second-order valence-corrected chi connectivity index (χ2v) is 6.34. The number of carbonyl (C=O) groups excluding carboxylic acids is 1. The second kappa shape index (κ2) is 7.38. The number of hydrogen-bond acceptors (Lipinski definition) is 4. The van der Waals surface area contributed by atoms with Gasteiger partial charge in [0, 0.05) is 25.2 Å². The van der Waals surface area contributed by atoms with Crippen molar-refractivity contribution in [2.75, 3.05) is 19.8 Å². The molecular formula is C14H26N4O2. The number of ether oxygens (including phenoxy) is 1. The Morgan fingerprint density at radius 1 is 1.40 bits per heavy atom. The van der Waals surface area contributed by atoms with E-state index < -0.39 is 0 Å². The van der Waals surface area contributed by atoms with Crippen LogP contribution in [0.1, 0.15) is 57.5 Å². The monoisotopic (exact) mass is 282 g/mol. The third kappa shape index (κ3) is 5.69. The average Bonchev–Trinajstić information content (AvgIpc) is 2.82. The van der Waals surface area contributed by atoms with Gasteiger partial charge >= 0.3 is 0 Å². The Hall–Kier alpha value is -1.43. The molecule has 0 atom stereocenters. The largest absolute Gasteiger partial charge is 0.381 e. The molecule has 20 heavy (non-hydrogen) atoms. The van der Waals surface area contributed by atoms with Crippen molar-refractivity contribution in [2.24, 2.45) is 5.92 Å². The first kappa shape index (κ1) is 16.6. The quantitative estimate of drug-likeness (QED) is 0.748. The van der Waals surface area contributed by atoms with Gasteiger partial charge in [-0.3, -0.25) is 9.89 Å². The van der Waals surface area contributed by atoms with Gasteiger partial charge in [0.2, 0.25) is 5.82 Å². The molecule has 6 nitrogen and oxygen atoms in total.